The number of amides is 2. The van der Waals surface area contributed by atoms with Crippen LogP contribution in [0.25, 0.3) is 0 Å². The predicted molar refractivity (Wildman–Crippen MR) is 109 cm³/mol. The number of carboxylic acid groups (broad SMARTS) is 1. The van der Waals surface area contributed by atoms with Crippen LogP contribution < -0.4 is 5.32 Å². The molecule has 0 aliphatic carbocycles. The molecule has 1 aliphatic rings. The van der Waals surface area contributed by atoms with E-state index in [-0.39, 0.29) is 31.4 Å². The lowest BCUT2D eigenvalue weighted by molar-refractivity contribution is -0.154. The number of likely N-dealkylation sites (tertiary alicyclic amines) is 1. The molecule has 1 fully saturated rings. The maximum absolute atomic E-state index is 13.1. The highest BCUT2D eigenvalue weighted by atomic mass is 16.5. The molecule has 1 aliphatic heterocycles. The van der Waals surface area contributed by atoms with Crippen molar-refractivity contribution >= 4 is 18.3 Å². The standard InChI is InChI=1S/C19H21N7O3.CH2O2/c1-14-7-16(22-29-14)9-20-18(28)19(8-15-5-3-2-4-6-15)11-25(12-19)17(27)10-26-13-21-23-24-26;2-1-3/h2-7,13H,8-12H2,1H3,(H,20,28);1H,(H,2,3). The molecule has 0 radical (unpaired) electrons. The summed E-state index contributed by atoms with van der Waals surface area (Å²) >= 11 is 0. The largest absolute Gasteiger partial charge is 0.483 e. The number of carbonyl (C=O) groups is 3. The molecule has 2 N–H and O–H groups in total. The van der Waals surface area contributed by atoms with Gasteiger partial charge in [-0.2, -0.15) is 0 Å². The summed E-state index contributed by atoms with van der Waals surface area (Å²) in [6, 6.07) is 11.6. The molecule has 3 aromatic rings. The average molecular weight is 441 g/mol. The van der Waals surface area contributed by atoms with Crippen LogP contribution in [0.3, 0.4) is 0 Å². The first-order chi connectivity index (χ1) is 15.5. The Morgan fingerprint density at radius 1 is 1.28 bits per heavy atom. The fourth-order valence-corrected chi connectivity index (χ4v) is 3.53. The first-order valence-corrected chi connectivity index (χ1v) is 9.76. The zero-order chi connectivity index (χ0) is 23.0. The van der Waals surface area contributed by atoms with E-state index in [0.717, 1.165) is 5.56 Å². The number of hydrogen-bond acceptors (Lipinski definition) is 8. The Labute approximate surface area is 183 Å². The Kier molecular flexibility index (Phi) is 7.26. The average Bonchev–Trinajstić information content (AvgIpc) is 3.41. The van der Waals surface area contributed by atoms with Gasteiger partial charge in [0.25, 0.3) is 6.47 Å². The van der Waals surface area contributed by atoms with Crippen molar-refractivity contribution in [3.63, 3.8) is 0 Å². The highest BCUT2D eigenvalue weighted by molar-refractivity contribution is 5.88. The third kappa shape index (κ3) is 5.53. The quantitative estimate of drug-likeness (QED) is 0.484. The summed E-state index contributed by atoms with van der Waals surface area (Å²) in [6.07, 6.45) is 1.94. The Balaban J connectivity index is 0.000000913. The van der Waals surface area contributed by atoms with Crippen molar-refractivity contribution in [1.29, 1.82) is 0 Å². The molecular weight excluding hydrogens is 418 g/mol. The molecule has 0 atom stereocenters. The summed E-state index contributed by atoms with van der Waals surface area (Å²) in [7, 11) is 0. The van der Waals surface area contributed by atoms with Crippen LogP contribution in [0.1, 0.15) is 17.0 Å². The topological polar surface area (TPSA) is 156 Å². The highest BCUT2D eigenvalue weighted by Crippen LogP contribution is 2.35. The summed E-state index contributed by atoms with van der Waals surface area (Å²) in [5.74, 6) is 0.464. The number of nitrogens with zero attached hydrogens (tertiary/aromatic N) is 6. The van der Waals surface area contributed by atoms with Crippen molar-refractivity contribution in [1.82, 2.24) is 35.6 Å². The van der Waals surface area contributed by atoms with Gasteiger partial charge in [0.2, 0.25) is 11.8 Å². The fourth-order valence-electron chi connectivity index (χ4n) is 3.53. The summed E-state index contributed by atoms with van der Waals surface area (Å²) in [4.78, 5) is 35.6. The number of rotatable bonds is 7. The number of aryl methyl sites for hydroxylation is 1. The molecule has 12 heteroatoms. The van der Waals surface area contributed by atoms with E-state index < -0.39 is 5.41 Å². The second-order valence-electron chi connectivity index (χ2n) is 7.42. The molecule has 3 heterocycles. The van der Waals surface area contributed by atoms with E-state index in [0.29, 0.717) is 31.0 Å². The SMILES string of the molecule is Cc1cc(CNC(=O)C2(Cc3ccccc3)CN(C(=O)Cn3cnnn3)C2)no1.O=CO. The van der Waals surface area contributed by atoms with Crippen molar-refractivity contribution in [2.75, 3.05) is 13.1 Å². The Hall–Kier alpha value is -4.09. The number of nitrogens with one attached hydrogen (secondary N) is 1. The van der Waals surface area contributed by atoms with Gasteiger partial charge >= 0.3 is 0 Å². The molecule has 0 saturated carbocycles. The molecule has 1 saturated heterocycles. The van der Waals surface area contributed by atoms with Crippen molar-refractivity contribution in [2.45, 2.75) is 26.4 Å². The van der Waals surface area contributed by atoms with Gasteiger partial charge in [-0.25, -0.2) is 4.68 Å². The van der Waals surface area contributed by atoms with Crippen molar-refractivity contribution in [3.8, 4) is 0 Å². The summed E-state index contributed by atoms with van der Waals surface area (Å²) in [5, 5.41) is 24.5. The molecule has 1 aromatic carbocycles. The Bertz CT molecular complexity index is 1030. The van der Waals surface area contributed by atoms with Crippen molar-refractivity contribution in [3.05, 3.63) is 59.7 Å². The van der Waals surface area contributed by atoms with Crippen LogP contribution in [-0.4, -0.2) is 66.7 Å². The monoisotopic (exact) mass is 441 g/mol. The zero-order valence-electron chi connectivity index (χ0n) is 17.4. The molecule has 0 bridgehead atoms. The lowest BCUT2D eigenvalue weighted by Gasteiger charge is -2.49. The fraction of sp³-hybridized carbons (Fsp3) is 0.350. The molecule has 12 nitrogen and oxygen atoms in total. The first kappa shape index (κ1) is 22.6. The Morgan fingerprint density at radius 3 is 2.59 bits per heavy atom. The zero-order valence-corrected chi connectivity index (χ0v) is 17.4. The molecule has 0 unspecified atom stereocenters. The van der Waals surface area contributed by atoms with Gasteiger partial charge in [0, 0.05) is 19.2 Å². The van der Waals surface area contributed by atoms with Gasteiger partial charge in [-0.1, -0.05) is 35.5 Å². The van der Waals surface area contributed by atoms with Crippen molar-refractivity contribution < 1.29 is 24.0 Å². The minimum atomic E-state index is -0.684. The van der Waals surface area contributed by atoms with E-state index >= 15 is 0 Å². The maximum Gasteiger partial charge on any atom is 0.290 e. The van der Waals surface area contributed by atoms with Crippen LogP contribution in [0, 0.1) is 12.3 Å². The lowest BCUT2D eigenvalue weighted by atomic mass is 9.73. The highest BCUT2D eigenvalue weighted by Gasteiger charge is 2.50. The van der Waals surface area contributed by atoms with Gasteiger partial charge in [-0.3, -0.25) is 14.4 Å². The molecule has 168 valence electrons. The molecule has 2 aromatic heterocycles. The number of tetrazole rings is 1. The van der Waals surface area contributed by atoms with E-state index in [9.17, 15) is 9.59 Å². The van der Waals surface area contributed by atoms with Crippen molar-refractivity contribution in [2.24, 2.45) is 5.41 Å². The van der Waals surface area contributed by atoms with E-state index in [1.807, 2.05) is 30.3 Å². The number of hydrogen-bond donors (Lipinski definition) is 2. The Morgan fingerprint density at radius 2 is 2.00 bits per heavy atom. The van der Waals surface area contributed by atoms with Gasteiger partial charge in [0.15, 0.2) is 0 Å². The van der Waals surface area contributed by atoms with E-state index in [4.69, 9.17) is 14.4 Å². The summed E-state index contributed by atoms with van der Waals surface area (Å²) in [5.41, 5.74) is 1.03. The smallest absolute Gasteiger partial charge is 0.290 e. The molecular formula is C20H23N7O5. The predicted octanol–water partition coefficient (Wildman–Crippen LogP) is 0.0580. The van der Waals surface area contributed by atoms with Gasteiger partial charge in [-0.05, 0) is 29.3 Å². The van der Waals surface area contributed by atoms with E-state index in [1.165, 1.54) is 11.0 Å². The molecule has 0 spiro atoms. The minimum Gasteiger partial charge on any atom is -0.483 e. The number of benzene rings is 1. The normalized spacial score (nSPS) is 14.0. The third-order valence-corrected chi connectivity index (χ3v) is 5.00. The third-order valence-electron chi connectivity index (χ3n) is 5.00. The maximum atomic E-state index is 13.1. The van der Waals surface area contributed by atoms with Gasteiger partial charge < -0.3 is 19.8 Å². The van der Waals surface area contributed by atoms with Crippen LogP contribution in [0.15, 0.2) is 47.2 Å². The molecule has 32 heavy (non-hydrogen) atoms. The van der Waals surface area contributed by atoms with Gasteiger partial charge in [0.05, 0.1) is 12.0 Å². The second-order valence-corrected chi connectivity index (χ2v) is 7.42. The number of carbonyl (C=O) groups excluding carboxylic acids is 2. The molecule has 2 amide bonds. The van der Waals surface area contributed by atoms with Crippen LogP contribution >= 0.6 is 0 Å². The van der Waals surface area contributed by atoms with Gasteiger partial charge in [-0.15, -0.1) is 5.10 Å². The van der Waals surface area contributed by atoms with Gasteiger partial charge in [0.1, 0.15) is 24.3 Å². The molecule has 4 rings (SSSR count). The summed E-state index contributed by atoms with van der Waals surface area (Å²) in [6.45, 7) is 2.56. The lowest BCUT2D eigenvalue weighted by Crippen LogP contribution is -2.66. The van der Waals surface area contributed by atoms with Crippen LogP contribution in [0.2, 0.25) is 0 Å². The number of aromatic nitrogens is 5. The van der Waals surface area contributed by atoms with Crippen LogP contribution in [0.4, 0.5) is 0 Å². The first-order valence-electron chi connectivity index (χ1n) is 9.76. The summed E-state index contributed by atoms with van der Waals surface area (Å²) < 4.78 is 6.41. The van der Waals surface area contributed by atoms with E-state index in [2.05, 4.69) is 26.0 Å². The minimum absolute atomic E-state index is 0.0499. The van der Waals surface area contributed by atoms with Crippen LogP contribution in [0.5, 0.6) is 0 Å². The second kappa shape index (κ2) is 10.3. The van der Waals surface area contributed by atoms with E-state index in [1.54, 1.807) is 17.9 Å². The van der Waals surface area contributed by atoms with Crippen LogP contribution in [-0.2, 0) is 33.9 Å².